The van der Waals surface area contributed by atoms with Crippen LogP contribution in [0.1, 0.15) is 0 Å². The Morgan fingerprint density at radius 2 is 2.00 bits per heavy atom. The van der Waals surface area contributed by atoms with Gasteiger partial charge in [0.15, 0.2) is 0 Å². The summed E-state index contributed by atoms with van der Waals surface area (Å²) < 4.78 is 1.53. The summed E-state index contributed by atoms with van der Waals surface area (Å²) in [5.74, 6) is 2.51. The van der Waals surface area contributed by atoms with E-state index in [-0.39, 0.29) is 44.9 Å². The molecule has 0 atom stereocenters. The summed E-state index contributed by atoms with van der Waals surface area (Å²) in [6.45, 7) is 0.417. The summed E-state index contributed by atoms with van der Waals surface area (Å²) in [5.41, 5.74) is 4.94. The molecule has 96 valence electrons. The molecular formula is C11H17BrGeN2OS-2. The minimum absolute atomic E-state index is 0. The van der Waals surface area contributed by atoms with E-state index < -0.39 is 0 Å². The number of nitrogens with two attached hydrogens (primary N) is 1. The average molecular weight is 378 g/mol. The van der Waals surface area contributed by atoms with Gasteiger partial charge in [-0.1, -0.05) is 0 Å². The first kappa shape index (κ1) is 19.4. The molecule has 0 bridgehead atoms. The van der Waals surface area contributed by atoms with Crippen molar-refractivity contribution in [3.05, 3.63) is 30.3 Å². The van der Waals surface area contributed by atoms with E-state index in [0.717, 1.165) is 0 Å². The number of hydrogen-bond donors (Lipinski definition) is 1. The van der Waals surface area contributed by atoms with E-state index >= 15 is 0 Å². The standard InChI is InChI=1S/C7H8Ge.C4H10N2OS.BrH/c1-8-7-5-3-2-4-6-7;5-3-4(7)6-1-2-8;/h2-6H,1H3;8H,1-3,5H2,(H,6,7);1H/p-2. The summed E-state index contributed by atoms with van der Waals surface area (Å²) in [6.07, 6.45) is 0. The molecule has 2 radical (unpaired) electrons. The third kappa shape index (κ3) is 12.3. The van der Waals surface area contributed by atoms with Gasteiger partial charge in [0.1, 0.15) is 0 Å². The van der Waals surface area contributed by atoms with Gasteiger partial charge in [0, 0.05) is 13.1 Å². The molecule has 0 saturated carbocycles. The van der Waals surface area contributed by atoms with Gasteiger partial charge in [0.2, 0.25) is 0 Å². The van der Waals surface area contributed by atoms with Crippen molar-refractivity contribution in [3.8, 4) is 0 Å². The summed E-state index contributed by atoms with van der Waals surface area (Å²) >= 11 is 4.73. The molecule has 1 aromatic carbocycles. The SMILES string of the molecule is Br.NCC([O-])=NCC[S-].[CH3][Ge][c]1ccccc1. The zero-order valence-corrected chi connectivity index (χ0v) is 14.4. The van der Waals surface area contributed by atoms with Gasteiger partial charge in [-0.05, 0) is 5.90 Å². The van der Waals surface area contributed by atoms with E-state index in [1.54, 1.807) is 0 Å². The fraction of sp³-hybridized carbons (Fsp3) is 0.364. The van der Waals surface area contributed by atoms with E-state index in [2.05, 4.69) is 53.7 Å². The van der Waals surface area contributed by atoms with Crippen molar-refractivity contribution in [2.75, 3.05) is 18.8 Å². The van der Waals surface area contributed by atoms with Crippen molar-refractivity contribution >= 4 is 55.3 Å². The van der Waals surface area contributed by atoms with E-state index in [0.29, 0.717) is 12.3 Å². The first-order valence-corrected chi connectivity index (χ1v) is 8.68. The van der Waals surface area contributed by atoms with Crippen LogP contribution in [0.25, 0.3) is 0 Å². The molecule has 0 amide bonds. The molecule has 0 fully saturated rings. The van der Waals surface area contributed by atoms with Crippen LogP contribution >= 0.6 is 17.0 Å². The average Bonchev–Trinajstić information content (AvgIpc) is 2.37. The van der Waals surface area contributed by atoms with Crippen LogP contribution in [0.15, 0.2) is 35.3 Å². The second-order valence-corrected chi connectivity index (χ2v) is 5.47. The van der Waals surface area contributed by atoms with Crippen molar-refractivity contribution in [2.24, 2.45) is 10.7 Å². The van der Waals surface area contributed by atoms with Crippen LogP contribution in [0.2, 0.25) is 5.76 Å². The van der Waals surface area contributed by atoms with Crippen LogP contribution in [-0.2, 0) is 12.6 Å². The van der Waals surface area contributed by atoms with E-state index in [4.69, 9.17) is 5.73 Å². The van der Waals surface area contributed by atoms with E-state index in [9.17, 15) is 5.11 Å². The first-order valence-electron chi connectivity index (χ1n) is 4.96. The van der Waals surface area contributed by atoms with E-state index in [1.165, 1.54) is 4.40 Å². The molecule has 0 aliphatic rings. The van der Waals surface area contributed by atoms with Crippen LogP contribution in [-0.4, -0.2) is 40.2 Å². The number of nitrogens with zero attached hydrogens (tertiary/aromatic N) is 1. The quantitative estimate of drug-likeness (QED) is 0.345. The maximum absolute atomic E-state index is 10.2. The Bertz CT molecular complexity index is 299. The van der Waals surface area contributed by atoms with Crippen LogP contribution in [0, 0.1) is 0 Å². The fourth-order valence-electron chi connectivity index (χ4n) is 0.840. The first-order chi connectivity index (χ1) is 7.74. The Kier molecular flexibility index (Phi) is 16.0. The molecular weight excluding hydrogens is 361 g/mol. The molecule has 0 aliphatic carbocycles. The van der Waals surface area contributed by atoms with Gasteiger partial charge in [-0.3, -0.25) is 0 Å². The van der Waals surface area contributed by atoms with Gasteiger partial charge in [0.25, 0.3) is 0 Å². The van der Waals surface area contributed by atoms with E-state index in [1.807, 2.05) is 0 Å². The van der Waals surface area contributed by atoms with Crippen molar-refractivity contribution in [3.63, 3.8) is 0 Å². The van der Waals surface area contributed by atoms with Crippen LogP contribution in [0.3, 0.4) is 0 Å². The zero-order valence-electron chi connectivity index (χ0n) is 9.76. The topological polar surface area (TPSA) is 61.4 Å². The second-order valence-electron chi connectivity index (χ2n) is 2.80. The predicted molar refractivity (Wildman–Crippen MR) is 81.6 cm³/mol. The fourth-order valence-corrected chi connectivity index (χ4v) is 2.03. The third-order valence-corrected chi connectivity index (χ3v) is 3.71. The van der Waals surface area contributed by atoms with Crippen molar-refractivity contribution in [1.82, 2.24) is 0 Å². The maximum atomic E-state index is 10.2. The summed E-state index contributed by atoms with van der Waals surface area (Å²) in [5, 5.41) is 10.2. The number of rotatable bonds is 4. The molecule has 6 heteroatoms. The molecule has 0 aromatic heterocycles. The normalized spacial score (nSPS) is 9.94. The number of hydrogen-bond acceptors (Lipinski definition) is 4. The molecule has 0 unspecified atom stereocenters. The second kappa shape index (κ2) is 14.1. The third-order valence-electron chi connectivity index (χ3n) is 1.62. The van der Waals surface area contributed by atoms with Crippen LogP contribution in [0.4, 0.5) is 0 Å². The van der Waals surface area contributed by atoms with Gasteiger partial charge >= 0.3 is 55.9 Å². The minimum atomic E-state index is -0.269. The number of aliphatic imine (C=N–C) groups is 1. The summed E-state index contributed by atoms with van der Waals surface area (Å²) in [7, 11) is 0. The Morgan fingerprint density at radius 1 is 1.41 bits per heavy atom. The molecule has 3 nitrogen and oxygen atoms in total. The van der Waals surface area contributed by atoms with Crippen LogP contribution < -0.4 is 15.2 Å². The molecule has 0 aliphatic heterocycles. The zero-order chi connectivity index (χ0) is 12.2. The predicted octanol–water partition coefficient (Wildman–Crippen LogP) is -0.107. The van der Waals surface area contributed by atoms with Crippen molar-refractivity contribution in [1.29, 1.82) is 0 Å². The molecule has 0 saturated heterocycles. The monoisotopic (exact) mass is 378 g/mol. The molecule has 2 N–H and O–H groups in total. The molecule has 1 rings (SSSR count). The van der Waals surface area contributed by atoms with Gasteiger partial charge in [-0.25, -0.2) is 0 Å². The van der Waals surface area contributed by atoms with Gasteiger partial charge in [-0.2, -0.15) is 5.75 Å². The number of benzene rings is 1. The van der Waals surface area contributed by atoms with Crippen molar-refractivity contribution in [2.45, 2.75) is 5.76 Å². The Hall–Kier alpha value is 0.0229. The van der Waals surface area contributed by atoms with Crippen molar-refractivity contribution < 1.29 is 5.11 Å². The Balaban J connectivity index is 0. The Morgan fingerprint density at radius 3 is 2.35 bits per heavy atom. The van der Waals surface area contributed by atoms with Gasteiger partial charge in [-0.15, -0.1) is 17.0 Å². The van der Waals surface area contributed by atoms with Gasteiger partial charge < -0.3 is 28.5 Å². The molecule has 1 aromatic rings. The Labute approximate surface area is 126 Å². The van der Waals surface area contributed by atoms with Gasteiger partial charge in [0.05, 0.1) is 0 Å². The molecule has 0 spiro atoms. The number of halogens is 1. The van der Waals surface area contributed by atoms with Crippen LogP contribution in [0.5, 0.6) is 0 Å². The summed E-state index contributed by atoms with van der Waals surface area (Å²) in [4.78, 5) is 3.49. The summed E-state index contributed by atoms with van der Waals surface area (Å²) in [6, 6.07) is 10.6. The molecule has 17 heavy (non-hydrogen) atoms. The molecule has 0 heterocycles.